The van der Waals surface area contributed by atoms with Gasteiger partial charge in [-0.3, -0.25) is 4.79 Å². The highest BCUT2D eigenvalue weighted by molar-refractivity contribution is 5.93. The van der Waals surface area contributed by atoms with Crippen LogP contribution < -0.4 is 10.9 Å². The lowest BCUT2D eigenvalue weighted by atomic mass is 10.2. The van der Waals surface area contributed by atoms with E-state index < -0.39 is 5.63 Å². The molecule has 0 saturated carbocycles. The highest BCUT2D eigenvalue weighted by atomic mass is 16.4. The van der Waals surface area contributed by atoms with Gasteiger partial charge in [0.05, 0.1) is 5.56 Å². The van der Waals surface area contributed by atoms with Crippen LogP contribution in [0, 0.1) is 0 Å². The summed E-state index contributed by atoms with van der Waals surface area (Å²) in [5.41, 5.74) is -0.120. The molecule has 5 nitrogen and oxygen atoms in total. The maximum absolute atomic E-state index is 11.5. The van der Waals surface area contributed by atoms with Crippen molar-refractivity contribution in [2.45, 2.75) is 25.7 Å². The predicted molar refractivity (Wildman–Crippen MR) is 62.9 cm³/mol. The molecule has 17 heavy (non-hydrogen) atoms. The molecule has 1 amide bonds. The molecule has 0 aliphatic rings. The summed E-state index contributed by atoms with van der Waals surface area (Å²) in [5, 5.41) is 11.3. The van der Waals surface area contributed by atoms with Crippen LogP contribution in [-0.2, 0) is 0 Å². The Hall–Kier alpha value is -1.62. The van der Waals surface area contributed by atoms with Gasteiger partial charge in [0.25, 0.3) is 5.91 Å². The Labute approximate surface area is 99.5 Å². The van der Waals surface area contributed by atoms with Crippen LogP contribution in [-0.4, -0.2) is 24.2 Å². The second-order valence-corrected chi connectivity index (χ2v) is 3.74. The molecule has 0 unspecified atom stereocenters. The van der Waals surface area contributed by atoms with Crippen LogP contribution >= 0.6 is 0 Å². The van der Waals surface area contributed by atoms with E-state index in [0.717, 1.165) is 31.9 Å². The standard InChI is InChI=1S/C12H17NO4/c14-8-4-2-1-3-7-13-12(16)10-5-6-11(15)17-9-10/h5-6,9,14H,1-4,7-8H2,(H,13,16). The van der Waals surface area contributed by atoms with E-state index in [9.17, 15) is 9.59 Å². The van der Waals surface area contributed by atoms with E-state index in [1.165, 1.54) is 12.1 Å². The van der Waals surface area contributed by atoms with Gasteiger partial charge in [0, 0.05) is 19.2 Å². The van der Waals surface area contributed by atoms with Crippen molar-refractivity contribution in [3.05, 3.63) is 34.4 Å². The van der Waals surface area contributed by atoms with Gasteiger partial charge in [-0.25, -0.2) is 4.79 Å². The summed E-state index contributed by atoms with van der Waals surface area (Å²) in [6.07, 6.45) is 4.78. The molecule has 1 aromatic rings. The third-order valence-corrected chi connectivity index (χ3v) is 2.33. The summed E-state index contributed by atoms with van der Waals surface area (Å²) < 4.78 is 4.59. The SMILES string of the molecule is O=C(NCCCCCCO)c1ccc(=O)oc1. The minimum Gasteiger partial charge on any atom is -0.430 e. The van der Waals surface area contributed by atoms with E-state index in [1.807, 2.05) is 0 Å². The summed E-state index contributed by atoms with van der Waals surface area (Å²) >= 11 is 0. The number of amides is 1. The van der Waals surface area contributed by atoms with Gasteiger partial charge in [-0.15, -0.1) is 0 Å². The first-order valence-electron chi connectivity index (χ1n) is 5.72. The fourth-order valence-corrected chi connectivity index (χ4v) is 1.38. The largest absolute Gasteiger partial charge is 0.430 e. The smallest absolute Gasteiger partial charge is 0.335 e. The molecule has 0 aliphatic heterocycles. The maximum atomic E-state index is 11.5. The second-order valence-electron chi connectivity index (χ2n) is 3.74. The molecule has 1 rings (SSSR count). The Balaban J connectivity index is 2.21. The molecule has 5 heteroatoms. The zero-order chi connectivity index (χ0) is 12.5. The molecule has 94 valence electrons. The molecule has 1 heterocycles. The average Bonchev–Trinajstić information content (AvgIpc) is 2.34. The van der Waals surface area contributed by atoms with Gasteiger partial charge >= 0.3 is 5.63 Å². The Bertz CT molecular complexity index is 379. The summed E-state index contributed by atoms with van der Waals surface area (Å²) in [5.74, 6) is -0.240. The molecule has 0 aromatic carbocycles. The highest BCUT2D eigenvalue weighted by Crippen LogP contribution is 1.99. The van der Waals surface area contributed by atoms with Crippen LogP contribution in [0.25, 0.3) is 0 Å². The van der Waals surface area contributed by atoms with Crippen LogP contribution in [0.4, 0.5) is 0 Å². The summed E-state index contributed by atoms with van der Waals surface area (Å²) in [6.45, 7) is 0.804. The Morgan fingerprint density at radius 1 is 1.24 bits per heavy atom. The number of hydrogen-bond donors (Lipinski definition) is 2. The van der Waals surface area contributed by atoms with E-state index >= 15 is 0 Å². The third kappa shape index (κ3) is 5.31. The zero-order valence-corrected chi connectivity index (χ0v) is 9.65. The van der Waals surface area contributed by atoms with Crippen molar-refractivity contribution in [2.75, 3.05) is 13.2 Å². The van der Waals surface area contributed by atoms with E-state index in [1.54, 1.807) is 0 Å². The Morgan fingerprint density at radius 2 is 2.00 bits per heavy atom. The van der Waals surface area contributed by atoms with Gasteiger partial charge in [-0.2, -0.15) is 0 Å². The number of hydrogen-bond acceptors (Lipinski definition) is 4. The highest BCUT2D eigenvalue weighted by Gasteiger charge is 2.04. The quantitative estimate of drug-likeness (QED) is 0.693. The summed E-state index contributed by atoms with van der Waals surface area (Å²) in [6, 6.07) is 2.66. The zero-order valence-electron chi connectivity index (χ0n) is 9.65. The van der Waals surface area contributed by atoms with Gasteiger partial charge in [0.15, 0.2) is 0 Å². The van der Waals surface area contributed by atoms with Crippen molar-refractivity contribution in [2.24, 2.45) is 0 Å². The summed E-state index contributed by atoms with van der Waals surface area (Å²) in [4.78, 5) is 22.2. The van der Waals surface area contributed by atoms with Crippen LogP contribution in [0.15, 0.2) is 27.6 Å². The second kappa shape index (κ2) is 7.62. The lowest BCUT2D eigenvalue weighted by Gasteiger charge is -2.04. The monoisotopic (exact) mass is 239 g/mol. The van der Waals surface area contributed by atoms with Gasteiger partial charge < -0.3 is 14.8 Å². The van der Waals surface area contributed by atoms with Crippen molar-refractivity contribution >= 4 is 5.91 Å². The molecule has 0 atom stereocenters. The molecular formula is C12H17NO4. The maximum Gasteiger partial charge on any atom is 0.335 e. The normalized spacial score (nSPS) is 10.2. The number of unbranched alkanes of at least 4 members (excludes halogenated alkanes) is 3. The number of carbonyl (C=O) groups is 1. The fourth-order valence-electron chi connectivity index (χ4n) is 1.38. The number of nitrogens with one attached hydrogen (secondary N) is 1. The lowest BCUT2D eigenvalue weighted by Crippen LogP contribution is -2.24. The minimum absolute atomic E-state index is 0.218. The fraction of sp³-hybridized carbons (Fsp3) is 0.500. The minimum atomic E-state index is -0.467. The van der Waals surface area contributed by atoms with Crippen LogP contribution in [0.1, 0.15) is 36.0 Å². The topological polar surface area (TPSA) is 79.5 Å². The number of rotatable bonds is 7. The molecular weight excluding hydrogens is 222 g/mol. The molecule has 0 saturated heterocycles. The van der Waals surface area contributed by atoms with Gasteiger partial charge in [0.2, 0.25) is 0 Å². The van der Waals surface area contributed by atoms with Crippen molar-refractivity contribution in [3.8, 4) is 0 Å². The molecule has 1 aromatic heterocycles. The van der Waals surface area contributed by atoms with E-state index in [-0.39, 0.29) is 12.5 Å². The van der Waals surface area contributed by atoms with Crippen LogP contribution in [0.3, 0.4) is 0 Å². The number of aliphatic hydroxyl groups excluding tert-OH is 1. The Morgan fingerprint density at radius 3 is 2.65 bits per heavy atom. The molecule has 0 spiro atoms. The molecule has 0 bridgehead atoms. The summed E-state index contributed by atoms with van der Waals surface area (Å²) in [7, 11) is 0. The number of aliphatic hydroxyl groups is 1. The van der Waals surface area contributed by atoms with Gasteiger partial charge in [-0.1, -0.05) is 12.8 Å². The average molecular weight is 239 g/mol. The van der Waals surface area contributed by atoms with E-state index in [0.29, 0.717) is 12.1 Å². The predicted octanol–water partition coefficient (Wildman–Crippen LogP) is 0.922. The first-order valence-corrected chi connectivity index (χ1v) is 5.72. The van der Waals surface area contributed by atoms with E-state index in [4.69, 9.17) is 5.11 Å². The lowest BCUT2D eigenvalue weighted by molar-refractivity contribution is 0.0950. The Kier molecular flexibility index (Phi) is 6.03. The van der Waals surface area contributed by atoms with Crippen molar-refractivity contribution < 1.29 is 14.3 Å². The first kappa shape index (κ1) is 13.4. The van der Waals surface area contributed by atoms with Gasteiger partial charge in [-0.05, 0) is 18.9 Å². The molecule has 0 aliphatic carbocycles. The van der Waals surface area contributed by atoms with Crippen LogP contribution in [0.2, 0.25) is 0 Å². The molecule has 2 N–H and O–H groups in total. The van der Waals surface area contributed by atoms with Crippen molar-refractivity contribution in [1.29, 1.82) is 0 Å². The van der Waals surface area contributed by atoms with Crippen molar-refractivity contribution in [1.82, 2.24) is 5.32 Å². The third-order valence-electron chi connectivity index (χ3n) is 2.33. The van der Waals surface area contributed by atoms with Crippen LogP contribution in [0.5, 0.6) is 0 Å². The van der Waals surface area contributed by atoms with Crippen molar-refractivity contribution in [3.63, 3.8) is 0 Å². The molecule has 0 fully saturated rings. The van der Waals surface area contributed by atoms with Gasteiger partial charge in [0.1, 0.15) is 6.26 Å². The van der Waals surface area contributed by atoms with E-state index in [2.05, 4.69) is 9.73 Å². The number of carbonyl (C=O) groups excluding carboxylic acids is 1. The first-order chi connectivity index (χ1) is 8.24. The molecule has 0 radical (unpaired) electrons.